The van der Waals surface area contributed by atoms with Gasteiger partial charge in [-0.15, -0.1) is 0 Å². The van der Waals surface area contributed by atoms with E-state index in [-0.39, 0.29) is 17.0 Å². The monoisotopic (exact) mass is 318 g/mol. The fourth-order valence-corrected chi connectivity index (χ4v) is 2.33. The molecule has 2 N–H and O–H groups in total. The van der Waals surface area contributed by atoms with Crippen LogP contribution in [-0.4, -0.2) is 11.9 Å². The highest BCUT2D eigenvalue weighted by Crippen LogP contribution is 2.25. The normalized spacial score (nSPS) is 15.2. The average Bonchev–Trinajstić information content (AvgIpc) is 3.33. The molecule has 1 amide bonds. The highest BCUT2D eigenvalue weighted by molar-refractivity contribution is 6.30. The molecule has 2 aromatic rings. The fraction of sp³-hybridized carbons (Fsp3) is 0.235. The molecule has 0 saturated heterocycles. The largest absolute Gasteiger partial charge is 0.370 e. The second-order valence-electron chi connectivity index (χ2n) is 5.40. The van der Waals surface area contributed by atoms with Crippen LogP contribution in [0.3, 0.4) is 0 Å². The standard InChI is InChI=1S/C17H16ClFN2O/c18-14-9-8-13(10-15(14)19)20-16(11-4-2-1-3-5-11)17(22)21-12-6-7-12/h1-5,8-10,12,16,20H,6-7H2,(H,21,22). The van der Waals surface area contributed by atoms with Crippen LogP contribution >= 0.6 is 11.6 Å². The number of amides is 1. The summed E-state index contributed by atoms with van der Waals surface area (Å²) in [7, 11) is 0. The second kappa shape index (κ2) is 6.36. The molecule has 1 atom stereocenters. The number of hydrogen-bond donors (Lipinski definition) is 2. The Morgan fingerprint density at radius 3 is 2.55 bits per heavy atom. The van der Waals surface area contributed by atoms with E-state index in [0.717, 1.165) is 18.4 Å². The predicted octanol–water partition coefficient (Wildman–Crippen LogP) is 3.91. The third-order valence-electron chi connectivity index (χ3n) is 3.55. The third kappa shape index (κ3) is 3.57. The number of hydrogen-bond acceptors (Lipinski definition) is 2. The quantitative estimate of drug-likeness (QED) is 0.877. The van der Waals surface area contributed by atoms with Gasteiger partial charge in [0.1, 0.15) is 11.9 Å². The third-order valence-corrected chi connectivity index (χ3v) is 3.86. The van der Waals surface area contributed by atoms with Crippen molar-refractivity contribution in [2.45, 2.75) is 24.9 Å². The van der Waals surface area contributed by atoms with E-state index < -0.39 is 11.9 Å². The van der Waals surface area contributed by atoms with Crippen molar-refractivity contribution >= 4 is 23.2 Å². The molecule has 1 aliphatic carbocycles. The van der Waals surface area contributed by atoms with Crippen molar-refractivity contribution in [1.29, 1.82) is 0 Å². The molecule has 0 radical (unpaired) electrons. The number of anilines is 1. The highest BCUT2D eigenvalue weighted by Gasteiger charge is 2.28. The van der Waals surface area contributed by atoms with Crippen LogP contribution in [-0.2, 0) is 4.79 Å². The van der Waals surface area contributed by atoms with Gasteiger partial charge in [0.05, 0.1) is 5.02 Å². The Balaban J connectivity index is 1.83. The van der Waals surface area contributed by atoms with E-state index in [0.29, 0.717) is 5.69 Å². The Morgan fingerprint density at radius 1 is 1.18 bits per heavy atom. The first kappa shape index (κ1) is 14.9. The zero-order valence-corrected chi connectivity index (χ0v) is 12.6. The van der Waals surface area contributed by atoms with Crippen LogP contribution in [0.4, 0.5) is 10.1 Å². The maximum atomic E-state index is 13.6. The minimum atomic E-state index is -0.567. The maximum absolute atomic E-state index is 13.6. The summed E-state index contributed by atoms with van der Waals surface area (Å²) in [5, 5.41) is 6.12. The number of carbonyl (C=O) groups excluding carboxylic acids is 1. The Morgan fingerprint density at radius 2 is 1.91 bits per heavy atom. The topological polar surface area (TPSA) is 41.1 Å². The van der Waals surface area contributed by atoms with Crippen molar-refractivity contribution in [2.75, 3.05) is 5.32 Å². The predicted molar refractivity (Wildman–Crippen MR) is 85.4 cm³/mol. The lowest BCUT2D eigenvalue weighted by Gasteiger charge is -2.20. The summed E-state index contributed by atoms with van der Waals surface area (Å²) in [4.78, 5) is 12.5. The molecule has 0 aromatic heterocycles. The lowest BCUT2D eigenvalue weighted by atomic mass is 10.1. The molecule has 1 saturated carbocycles. The van der Waals surface area contributed by atoms with Gasteiger partial charge in [-0.2, -0.15) is 0 Å². The van der Waals surface area contributed by atoms with Crippen molar-refractivity contribution in [1.82, 2.24) is 5.32 Å². The van der Waals surface area contributed by atoms with Gasteiger partial charge in [-0.05, 0) is 36.6 Å². The summed E-state index contributed by atoms with van der Waals surface area (Å²) in [6.45, 7) is 0. The van der Waals surface area contributed by atoms with Crippen LogP contribution in [0.2, 0.25) is 5.02 Å². The molecule has 1 fully saturated rings. The Bertz CT molecular complexity index is 674. The van der Waals surface area contributed by atoms with Gasteiger partial charge in [-0.1, -0.05) is 41.9 Å². The van der Waals surface area contributed by atoms with Crippen LogP contribution in [0.25, 0.3) is 0 Å². The second-order valence-corrected chi connectivity index (χ2v) is 5.81. The molecule has 0 aliphatic heterocycles. The van der Waals surface area contributed by atoms with Gasteiger partial charge >= 0.3 is 0 Å². The molecule has 3 nitrogen and oxygen atoms in total. The SMILES string of the molecule is O=C(NC1CC1)C(Nc1ccc(Cl)c(F)c1)c1ccccc1. The Hall–Kier alpha value is -2.07. The minimum absolute atomic E-state index is 0.0595. The highest BCUT2D eigenvalue weighted by atomic mass is 35.5. The van der Waals surface area contributed by atoms with E-state index in [1.807, 2.05) is 30.3 Å². The molecule has 1 unspecified atom stereocenters. The molecule has 22 heavy (non-hydrogen) atoms. The van der Waals surface area contributed by atoms with E-state index in [9.17, 15) is 9.18 Å². The smallest absolute Gasteiger partial charge is 0.247 e. The molecule has 0 bridgehead atoms. The lowest BCUT2D eigenvalue weighted by Crippen LogP contribution is -2.34. The van der Waals surface area contributed by atoms with Crippen LogP contribution in [0.1, 0.15) is 24.4 Å². The zero-order chi connectivity index (χ0) is 15.5. The zero-order valence-electron chi connectivity index (χ0n) is 11.9. The van der Waals surface area contributed by atoms with E-state index in [1.165, 1.54) is 12.1 Å². The van der Waals surface area contributed by atoms with Crippen LogP contribution < -0.4 is 10.6 Å². The molecular weight excluding hydrogens is 303 g/mol. The van der Waals surface area contributed by atoms with Gasteiger partial charge in [0, 0.05) is 11.7 Å². The number of carbonyl (C=O) groups is 1. The van der Waals surface area contributed by atoms with Gasteiger partial charge in [0.2, 0.25) is 5.91 Å². The number of halogens is 2. The van der Waals surface area contributed by atoms with Crippen molar-refractivity contribution in [3.05, 3.63) is 64.9 Å². The van der Waals surface area contributed by atoms with Gasteiger partial charge in [0.25, 0.3) is 0 Å². The summed E-state index contributed by atoms with van der Waals surface area (Å²) in [6, 6.07) is 13.5. The van der Waals surface area contributed by atoms with Crippen molar-refractivity contribution < 1.29 is 9.18 Å². The van der Waals surface area contributed by atoms with E-state index in [2.05, 4.69) is 10.6 Å². The first-order chi connectivity index (χ1) is 10.6. The van der Waals surface area contributed by atoms with Gasteiger partial charge in [0.15, 0.2) is 0 Å². The molecule has 114 valence electrons. The summed E-state index contributed by atoms with van der Waals surface area (Å²) < 4.78 is 13.6. The average molecular weight is 319 g/mol. The van der Waals surface area contributed by atoms with E-state index >= 15 is 0 Å². The molecule has 0 heterocycles. The lowest BCUT2D eigenvalue weighted by molar-refractivity contribution is -0.122. The number of benzene rings is 2. The van der Waals surface area contributed by atoms with Crippen molar-refractivity contribution in [3.8, 4) is 0 Å². The minimum Gasteiger partial charge on any atom is -0.370 e. The van der Waals surface area contributed by atoms with Crippen LogP contribution in [0.5, 0.6) is 0 Å². The molecule has 1 aliphatic rings. The first-order valence-electron chi connectivity index (χ1n) is 7.20. The van der Waals surface area contributed by atoms with E-state index in [1.54, 1.807) is 6.07 Å². The summed E-state index contributed by atoms with van der Waals surface area (Å²) >= 11 is 5.69. The molecule has 0 spiro atoms. The summed E-state index contributed by atoms with van der Waals surface area (Å²) in [5.41, 5.74) is 1.35. The number of rotatable bonds is 5. The van der Waals surface area contributed by atoms with Crippen LogP contribution in [0.15, 0.2) is 48.5 Å². The van der Waals surface area contributed by atoms with Gasteiger partial charge in [-0.25, -0.2) is 4.39 Å². The molecule has 3 rings (SSSR count). The molecule has 2 aromatic carbocycles. The Labute approximate surface area is 133 Å². The summed E-state index contributed by atoms with van der Waals surface area (Å²) in [5.74, 6) is -0.620. The Kier molecular flexibility index (Phi) is 4.29. The molecular formula is C17H16ClFN2O. The van der Waals surface area contributed by atoms with Crippen molar-refractivity contribution in [2.24, 2.45) is 0 Å². The van der Waals surface area contributed by atoms with Crippen molar-refractivity contribution in [3.63, 3.8) is 0 Å². The van der Waals surface area contributed by atoms with Gasteiger partial charge in [-0.3, -0.25) is 4.79 Å². The first-order valence-corrected chi connectivity index (χ1v) is 7.58. The van der Waals surface area contributed by atoms with Crippen LogP contribution in [0, 0.1) is 5.82 Å². The van der Waals surface area contributed by atoms with E-state index in [4.69, 9.17) is 11.6 Å². The maximum Gasteiger partial charge on any atom is 0.247 e. The van der Waals surface area contributed by atoms with Gasteiger partial charge < -0.3 is 10.6 Å². The summed E-state index contributed by atoms with van der Waals surface area (Å²) in [6.07, 6.45) is 2.03. The molecule has 5 heteroatoms. The fourth-order valence-electron chi connectivity index (χ4n) is 2.21. The number of nitrogens with one attached hydrogen (secondary N) is 2.